The lowest BCUT2D eigenvalue weighted by molar-refractivity contribution is 0.0951. The zero-order chi connectivity index (χ0) is 11.7. The maximum Gasteiger partial charge on any atom is 0.163 e. The van der Waals surface area contributed by atoms with Gasteiger partial charge in [-0.3, -0.25) is 4.79 Å². The molecule has 0 heterocycles. The first-order valence-electron chi connectivity index (χ1n) is 5.94. The summed E-state index contributed by atoms with van der Waals surface area (Å²) in [5, 5.41) is 10.1. The molecule has 86 valence electrons. The standard InChI is InChI=1S/C14H18O2/c1-9(2)14(16)11-7-3-5-10-6-4-8-12(15)13(10)11/h3,5,7,9,14,16H,4,6,8H2,1-2H3. The largest absolute Gasteiger partial charge is 0.388 e. The van der Waals surface area contributed by atoms with Crippen LogP contribution in [0.1, 0.15) is 54.3 Å². The van der Waals surface area contributed by atoms with Crippen LogP contribution in [0.25, 0.3) is 0 Å². The van der Waals surface area contributed by atoms with Gasteiger partial charge in [-0.2, -0.15) is 0 Å². The van der Waals surface area contributed by atoms with Crippen molar-refractivity contribution in [3.63, 3.8) is 0 Å². The van der Waals surface area contributed by atoms with E-state index in [2.05, 4.69) is 0 Å². The molecular weight excluding hydrogens is 200 g/mol. The number of hydrogen-bond acceptors (Lipinski definition) is 2. The van der Waals surface area contributed by atoms with E-state index in [1.165, 1.54) is 0 Å². The number of aryl methyl sites for hydroxylation is 1. The molecule has 0 amide bonds. The highest BCUT2D eigenvalue weighted by atomic mass is 16.3. The Kier molecular flexibility index (Phi) is 3.10. The molecule has 0 saturated heterocycles. The van der Waals surface area contributed by atoms with E-state index >= 15 is 0 Å². The Bertz CT molecular complexity index is 407. The minimum absolute atomic E-state index is 0.140. The quantitative estimate of drug-likeness (QED) is 0.828. The van der Waals surface area contributed by atoms with Crippen molar-refractivity contribution in [3.05, 3.63) is 34.9 Å². The SMILES string of the molecule is CC(C)C(O)c1cccc2c1C(=O)CCC2. The van der Waals surface area contributed by atoms with Crippen LogP contribution in [0.4, 0.5) is 0 Å². The van der Waals surface area contributed by atoms with Crippen LogP contribution >= 0.6 is 0 Å². The van der Waals surface area contributed by atoms with Crippen molar-refractivity contribution in [3.8, 4) is 0 Å². The van der Waals surface area contributed by atoms with Gasteiger partial charge in [-0.25, -0.2) is 0 Å². The lowest BCUT2D eigenvalue weighted by Crippen LogP contribution is -2.17. The van der Waals surface area contributed by atoms with Crippen molar-refractivity contribution >= 4 is 5.78 Å². The van der Waals surface area contributed by atoms with Gasteiger partial charge < -0.3 is 5.11 Å². The molecule has 1 N–H and O–H groups in total. The average Bonchev–Trinajstić information content (AvgIpc) is 2.27. The van der Waals surface area contributed by atoms with E-state index in [4.69, 9.17) is 0 Å². The van der Waals surface area contributed by atoms with Gasteiger partial charge in [0.1, 0.15) is 0 Å². The van der Waals surface area contributed by atoms with Gasteiger partial charge >= 0.3 is 0 Å². The van der Waals surface area contributed by atoms with Gasteiger partial charge in [0.15, 0.2) is 5.78 Å². The molecule has 1 atom stereocenters. The number of Topliss-reactive ketones (excluding diaryl/α,β-unsaturated/α-hetero) is 1. The first-order chi connectivity index (χ1) is 7.61. The molecular formula is C14H18O2. The summed E-state index contributed by atoms with van der Waals surface area (Å²) in [5.41, 5.74) is 2.71. The van der Waals surface area contributed by atoms with Gasteiger partial charge in [-0.1, -0.05) is 32.0 Å². The molecule has 0 saturated carbocycles. The van der Waals surface area contributed by atoms with Crippen LogP contribution in [0.15, 0.2) is 18.2 Å². The van der Waals surface area contributed by atoms with Crippen LogP contribution in [0.3, 0.4) is 0 Å². The third-order valence-corrected chi connectivity index (χ3v) is 3.26. The molecule has 0 aromatic heterocycles. The van der Waals surface area contributed by atoms with Crippen molar-refractivity contribution < 1.29 is 9.90 Å². The molecule has 1 unspecified atom stereocenters. The van der Waals surface area contributed by atoms with Crippen LogP contribution in [-0.2, 0) is 6.42 Å². The molecule has 0 fully saturated rings. The Labute approximate surface area is 96.3 Å². The maximum absolute atomic E-state index is 11.9. The molecule has 2 nitrogen and oxygen atoms in total. The van der Waals surface area contributed by atoms with Crippen LogP contribution < -0.4 is 0 Å². The summed E-state index contributed by atoms with van der Waals surface area (Å²) in [4.78, 5) is 11.9. The van der Waals surface area contributed by atoms with Gasteiger partial charge in [0, 0.05) is 12.0 Å². The van der Waals surface area contributed by atoms with E-state index in [0.29, 0.717) is 6.42 Å². The van der Waals surface area contributed by atoms with Crippen molar-refractivity contribution in [1.82, 2.24) is 0 Å². The normalized spacial score (nSPS) is 17.4. The van der Waals surface area contributed by atoms with E-state index in [0.717, 1.165) is 29.5 Å². The Morgan fingerprint density at radius 3 is 2.69 bits per heavy atom. The number of benzene rings is 1. The second kappa shape index (κ2) is 4.38. The number of rotatable bonds is 2. The maximum atomic E-state index is 11.9. The molecule has 2 rings (SSSR count). The Morgan fingerprint density at radius 2 is 2.00 bits per heavy atom. The zero-order valence-corrected chi connectivity index (χ0v) is 9.86. The van der Waals surface area contributed by atoms with Gasteiger partial charge in [-0.05, 0) is 29.9 Å². The number of carbonyl (C=O) groups is 1. The Morgan fingerprint density at radius 1 is 1.25 bits per heavy atom. The summed E-state index contributed by atoms with van der Waals surface area (Å²) in [7, 11) is 0. The predicted octanol–water partition coefficient (Wildman–Crippen LogP) is 2.90. The van der Waals surface area contributed by atoms with Crippen LogP contribution in [0.5, 0.6) is 0 Å². The highest BCUT2D eigenvalue weighted by Crippen LogP contribution is 2.31. The molecule has 1 aromatic carbocycles. The summed E-state index contributed by atoms with van der Waals surface area (Å²) in [5.74, 6) is 0.331. The Balaban J connectivity index is 2.50. The topological polar surface area (TPSA) is 37.3 Å². The molecule has 1 aliphatic carbocycles. The minimum Gasteiger partial charge on any atom is -0.388 e. The number of ketones is 1. The molecule has 1 aromatic rings. The van der Waals surface area contributed by atoms with Gasteiger partial charge in [-0.15, -0.1) is 0 Å². The second-order valence-electron chi connectivity index (χ2n) is 4.85. The van der Waals surface area contributed by atoms with Gasteiger partial charge in [0.2, 0.25) is 0 Å². The summed E-state index contributed by atoms with van der Waals surface area (Å²) < 4.78 is 0. The summed E-state index contributed by atoms with van der Waals surface area (Å²) in [6.45, 7) is 3.94. The molecule has 2 heteroatoms. The average molecular weight is 218 g/mol. The lowest BCUT2D eigenvalue weighted by Gasteiger charge is -2.23. The fourth-order valence-electron chi connectivity index (χ4n) is 2.34. The third kappa shape index (κ3) is 1.90. The zero-order valence-electron chi connectivity index (χ0n) is 9.86. The molecule has 1 aliphatic rings. The number of carbonyl (C=O) groups excluding carboxylic acids is 1. The van der Waals surface area contributed by atoms with E-state index < -0.39 is 6.10 Å². The van der Waals surface area contributed by atoms with E-state index in [-0.39, 0.29) is 11.7 Å². The summed E-state index contributed by atoms with van der Waals surface area (Å²) in [6, 6.07) is 5.83. The highest BCUT2D eigenvalue weighted by molar-refractivity contribution is 6.00. The van der Waals surface area contributed by atoms with Crippen LogP contribution in [0.2, 0.25) is 0 Å². The molecule has 0 spiro atoms. The van der Waals surface area contributed by atoms with Crippen molar-refractivity contribution in [2.24, 2.45) is 5.92 Å². The highest BCUT2D eigenvalue weighted by Gasteiger charge is 2.24. The summed E-state index contributed by atoms with van der Waals surface area (Å²) >= 11 is 0. The van der Waals surface area contributed by atoms with Gasteiger partial charge in [0.05, 0.1) is 6.10 Å². The minimum atomic E-state index is -0.531. The van der Waals surface area contributed by atoms with E-state index in [1.807, 2.05) is 32.0 Å². The van der Waals surface area contributed by atoms with Crippen LogP contribution in [-0.4, -0.2) is 10.9 Å². The first-order valence-corrected chi connectivity index (χ1v) is 5.94. The lowest BCUT2D eigenvalue weighted by atomic mass is 9.83. The van der Waals surface area contributed by atoms with Crippen LogP contribution in [0, 0.1) is 5.92 Å². The molecule has 0 aliphatic heterocycles. The number of fused-ring (bicyclic) bond motifs is 1. The Hall–Kier alpha value is -1.15. The van der Waals surface area contributed by atoms with E-state index in [9.17, 15) is 9.90 Å². The molecule has 0 radical (unpaired) electrons. The third-order valence-electron chi connectivity index (χ3n) is 3.26. The fraction of sp³-hybridized carbons (Fsp3) is 0.500. The first kappa shape index (κ1) is 11.3. The smallest absolute Gasteiger partial charge is 0.163 e. The second-order valence-corrected chi connectivity index (χ2v) is 4.85. The predicted molar refractivity (Wildman–Crippen MR) is 63.5 cm³/mol. The fourth-order valence-corrected chi connectivity index (χ4v) is 2.34. The number of aliphatic hydroxyl groups is 1. The van der Waals surface area contributed by atoms with Crippen molar-refractivity contribution in [2.45, 2.75) is 39.2 Å². The van der Waals surface area contributed by atoms with E-state index in [1.54, 1.807) is 0 Å². The van der Waals surface area contributed by atoms with Crippen molar-refractivity contribution in [1.29, 1.82) is 0 Å². The number of aliphatic hydroxyl groups excluding tert-OH is 1. The summed E-state index contributed by atoms with van der Waals surface area (Å²) in [6.07, 6.45) is 1.98. The molecule has 16 heavy (non-hydrogen) atoms. The molecule has 0 bridgehead atoms. The monoisotopic (exact) mass is 218 g/mol. The van der Waals surface area contributed by atoms with Crippen molar-refractivity contribution in [2.75, 3.05) is 0 Å². The number of hydrogen-bond donors (Lipinski definition) is 1. The van der Waals surface area contributed by atoms with Gasteiger partial charge in [0.25, 0.3) is 0 Å².